The fourth-order valence-electron chi connectivity index (χ4n) is 1.44. The lowest BCUT2D eigenvalue weighted by Gasteiger charge is -2.34. The van der Waals surface area contributed by atoms with Gasteiger partial charge >= 0.3 is 5.97 Å². The third-order valence-electron chi connectivity index (χ3n) is 2.41. The third-order valence-corrected chi connectivity index (χ3v) is 3.94. The maximum Gasteiger partial charge on any atom is 0.326 e. The number of hydrogen-bond acceptors (Lipinski definition) is 4. The summed E-state index contributed by atoms with van der Waals surface area (Å²) in [6.07, 6.45) is 0.533. The Kier molecular flexibility index (Phi) is 4.79. The maximum absolute atomic E-state index is 11.8. The van der Waals surface area contributed by atoms with Crippen LogP contribution in [0.3, 0.4) is 0 Å². The zero-order valence-electron chi connectivity index (χ0n) is 8.55. The number of aliphatic carboxylic acids is 1. The minimum atomic E-state index is -0.907. The standard InChI is InChI=1S/C9H15NO3S2/c1-6(4-14)8(11)10-5-15-3-2-7(10)9(12)13/h6-7,14H,2-5H2,1H3,(H,12,13). The fraction of sp³-hybridized carbons (Fsp3) is 0.778. The van der Waals surface area contributed by atoms with Gasteiger partial charge in [0.2, 0.25) is 5.91 Å². The molecular weight excluding hydrogens is 234 g/mol. The molecule has 1 amide bonds. The molecule has 0 aromatic rings. The van der Waals surface area contributed by atoms with Gasteiger partial charge in [-0.1, -0.05) is 6.92 Å². The number of thiol groups is 1. The minimum absolute atomic E-state index is 0.107. The van der Waals surface area contributed by atoms with Gasteiger partial charge in [0, 0.05) is 11.7 Å². The molecular formula is C9H15NO3S2. The molecule has 0 spiro atoms. The lowest BCUT2D eigenvalue weighted by molar-refractivity contribution is -0.150. The number of carboxylic acid groups (broad SMARTS) is 1. The van der Waals surface area contributed by atoms with E-state index in [1.165, 1.54) is 4.90 Å². The van der Waals surface area contributed by atoms with Gasteiger partial charge < -0.3 is 10.0 Å². The van der Waals surface area contributed by atoms with Crippen molar-refractivity contribution < 1.29 is 14.7 Å². The summed E-state index contributed by atoms with van der Waals surface area (Å²) in [6, 6.07) is -0.652. The Hall–Kier alpha value is -0.360. The van der Waals surface area contributed by atoms with Crippen LogP contribution in [-0.4, -0.2) is 45.3 Å². The number of carboxylic acids is 1. The molecule has 2 atom stereocenters. The van der Waals surface area contributed by atoms with Crippen molar-refractivity contribution in [1.82, 2.24) is 4.90 Å². The molecule has 0 aromatic heterocycles. The average Bonchev–Trinajstić information content (AvgIpc) is 2.27. The molecule has 15 heavy (non-hydrogen) atoms. The Labute approximate surface area is 98.8 Å². The van der Waals surface area contributed by atoms with E-state index in [0.717, 1.165) is 5.75 Å². The summed E-state index contributed by atoms with van der Waals surface area (Å²) >= 11 is 5.65. The molecule has 1 heterocycles. The largest absolute Gasteiger partial charge is 0.480 e. The average molecular weight is 249 g/mol. The Morgan fingerprint density at radius 3 is 2.87 bits per heavy atom. The normalized spacial score (nSPS) is 23.6. The summed E-state index contributed by atoms with van der Waals surface area (Å²) in [4.78, 5) is 24.3. The molecule has 0 bridgehead atoms. The van der Waals surface area contributed by atoms with Gasteiger partial charge in [-0.25, -0.2) is 4.79 Å². The molecule has 1 aliphatic rings. The maximum atomic E-state index is 11.8. The van der Waals surface area contributed by atoms with Crippen LogP contribution >= 0.6 is 24.4 Å². The van der Waals surface area contributed by atoms with Crippen LogP contribution in [-0.2, 0) is 9.59 Å². The van der Waals surface area contributed by atoms with Crippen molar-refractivity contribution in [2.45, 2.75) is 19.4 Å². The summed E-state index contributed by atoms with van der Waals surface area (Å²) in [6.45, 7) is 1.77. The highest BCUT2D eigenvalue weighted by Crippen LogP contribution is 2.22. The van der Waals surface area contributed by atoms with Crippen LogP contribution in [0.5, 0.6) is 0 Å². The summed E-state index contributed by atoms with van der Waals surface area (Å²) in [5, 5.41) is 8.99. The van der Waals surface area contributed by atoms with Crippen molar-refractivity contribution in [3.8, 4) is 0 Å². The number of amides is 1. The SMILES string of the molecule is CC(CS)C(=O)N1CSCCC1C(=O)O. The van der Waals surface area contributed by atoms with E-state index in [1.807, 2.05) is 0 Å². The van der Waals surface area contributed by atoms with Crippen LogP contribution in [0.25, 0.3) is 0 Å². The van der Waals surface area contributed by atoms with Gasteiger partial charge in [0.15, 0.2) is 0 Å². The number of hydrogen-bond donors (Lipinski definition) is 2. The molecule has 2 unspecified atom stereocenters. The quantitative estimate of drug-likeness (QED) is 0.731. The van der Waals surface area contributed by atoms with E-state index < -0.39 is 12.0 Å². The number of nitrogens with zero attached hydrogens (tertiary/aromatic N) is 1. The first kappa shape index (κ1) is 12.7. The van der Waals surface area contributed by atoms with E-state index in [1.54, 1.807) is 18.7 Å². The molecule has 1 fully saturated rings. The van der Waals surface area contributed by atoms with E-state index in [2.05, 4.69) is 12.6 Å². The second-order valence-electron chi connectivity index (χ2n) is 3.57. The number of thioether (sulfide) groups is 1. The third kappa shape index (κ3) is 3.04. The van der Waals surface area contributed by atoms with Gasteiger partial charge in [0.25, 0.3) is 0 Å². The van der Waals surface area contributed by atoms with Gasteiger partial charge in [0.1, 0.15) is 6.04 Å². The summed E-state index contributed by atoms with van der Waals surface area (Å²) in [5.74, 6) is 0.504. The molecule has 4 nitrogen and oxygen atoms in total. The highest BCUT2D eigenvalue weighted by molar-refractivity contribution is 7.99. The Balaban J connectivity index is 2.71. The second kappa shape index (κ2) is 5.65. The molecule has 0 aromatic carbocycles. The van der Waals surface area contributed by atoms with E-state index in [-0.39, 0.29) is 11.8 Å². The molecule has 1 saturated heterocycles. The Morgan fingerprint density at radius 2 is 2.33 bits per heavy atom. The zero-order chi connectivity index (χ0) is 11.4. The highest BCUT2D eigenvalue weighted by Gasteiger charge is 2.33. The van der Waals surface area contributed by atoms with Crippen LogP contribution in [0.2, 0.25) is 0 Å². The lowest BCUT2D eigenvalue weighted by atomic mass is 10.1. The van der Waals surface area contributed by atoms with Gasteiger partial charge in [-0.3, -0.25) is 4.79 Å². The van der Waals surface area contributed by atoms with Crippen LogP contribution < -0.4 is 0 Å². The van der Waals surface area contributed by atoms with Crippen molar-refractivity contribution in [3.05, 3.63) is 0 Å². The molecule has 0 radical (unpaired) electrons. The van der Waals surface area contributed by atoms with Gasteiger partial charge in [0.05, 0.1) is 5.88 Å². The van der Waals surface area contributed by atoms with Gasteiger partial charge in [-0.2, -0.15) is 12.6 Å². The Bertz CT molecular complexity index is 260. The number of rotatable bonds is 3. The van der Waals surface area contributed by atoms with Crippen molar-refractivity contribution in [2.75, 3.05) is 17.4 Å². The predicted octanol–water partition coefficient (Wildman–Crippen LogP) is 0.929. The minimum Gasteiger partial charge on any atom is -0.480 e. The molecule has 86 valence electrons. The molecule has 0 saturated carbocycles. The Morgan fingerprint density at radius 1 is 1.67 bits per heavy atom. The fourth-order valence-corrected chi connectivity index (χ4v) is 2.62. The van der Waals surface area contributed by atoms with Crippen LogP contribution in [0.4, 0.5) is 0 Å². The lowest BCUT2D eigenvalue weighted by Crippen LogP contribution is -2.49. The van der Waals surface area contributed by atoms with Crippen molar-refractivity contribution >= 4 is 36.3 Å². The van der Waals surface area contributed by atoms with E-state index in [4.69, 9.17) is 5.11 Å². The molecule has 1 aliphatic heterocycles. The molecule has 6 heteroatoms. The van der Waals surface area contributed by atoms with Crippen LogP contribution in [0.15, 0.2) is 0 Å². The first-order chi connectivity index (χ1) is 7.07. The molecule has 1 rings (SSSR count). The topological polar surface area (TPSA) is 57.6 Å². The van der Waals surface area contributed by atoms with E-state index in [0.29, 0.717) is 18.1 Å². The van der Waals surface area contributed by atoms with Crippen LogP contribution in [0, 0.1) is 5.92 Å². The summed E-state index contributed by atoms with van der Waals surface area (Å²) in [5.41, 5.74) is 0. The smallest absolute Gasteiger partial charge is 0.326 e. The number of carbonyl (C=O) groups is 2. The van der Waals surface area contributed by atoms with Gasteiger partial charge in [-0.05, 0) is 12.2 Å². The highest BCUT2D eigenvalue weighted by atomic mass is 32.2. The first-order valence-corrected chi connectivity index (χ1v) is 6.58. The van der Waals surface area contributed by atoms with E-state index >= 15 is 0 Å². The monoisotopic (exact) mass is 249 g/mol. The summed E-state index contributed by atoms with van der Waals surface area (Å²) < 4.78 is 0. The summed E-state index contributed by atoms with van der Waals surface area (Å²) in [7, 11) is 0. The number of carbonyl (C=O) groups excluding carboxylic acids is 1. The van der Waals surface area contributed by atoms with Crippen molar-refractivity contribution in [2.24, 2.45) is 5.92 Å². The first-order valence-electron chi connectivity index (χ1n) is 4.79. The molecule has 1 N–H and O–H groups in total. The van der Waals surface area contributed by atoms with Gasteiger partial charge in [-0.15, -0.1) is 11.8 Å². The van der Waals surface area contributed by atoms with Crippen molar-refractivity contribution in [1.29, 1.82) is 0 Å². The van der Waals surface area contributed by atoms with E-state index in [9.17, 15) is 9.59 Å². The zero-order valence-corrected chi connectivity index (χ0v) is 10.3. The van der Waals surface area contributed by atoms with Crippen LogP contribution in [0.1, 0.15) is 13.3 Å². The molecule has 0 aliphatic carbocycles. The van der Waals surface area contributed by atoms with Crippen molar-refractivity contribution in [3.63, 3.8) is 0 Å². The second-order valence-corrected chi connectivity index (χ2v) is 5.01. The predicted molar refractivity (Wildman–Crippen MR) is 63.2 cm³/mol.